The van der Waals surface area contributed by atoms with Crippen molar-refractivity contribution in [1.29, 1.82) is 0 Å². The SMILES string of the molecule is CCCCCC(CN)c1csc2ccc(C)cc12. The minimum Gasteiger partial charge on any atom is -0.330 e. The Balaban J connectivity index is 2.24. The average molecular weight is 261 g/mol. The van der Waals surface area contributed by atoms with E-state index in [1.807, 2.05) is 11.3 Å². The molecule has 2 rings (SSSR count). The highest BCUT2D eigenvalue weighted by Crippen LogP contribution is 2.34. The predicted octanol–water partition coefficient (Wildman–Crippen LogP) is 4.83. The lowest BCUT2D eigenvalue weighted by molar-refractivity contribution is 0.576. The molecule has 1 nitrogen and oxygen atoms in total. The van der Waals surface area contributed by atoms with Gasteiger partial charge in [-0.05, 0) is 48.2 Å². The van der Waals surface area contributed by atoms with Crippen molar-refractivity contribution in [2.24, 2.45) is 5.73 Å². The highest BCUT2D eigenvalue weighted by atomic mass is 32.1. The molecule has 0 aliphatic carbocycles. The van der Waals surface area contributed by atoms with Crippen molar-refractivity contribution in [1.82, 2.24) is 0 Å². The molecule has 18 heavy (non-hydrogen) atoms. The molecule has 1 aromatic heterocycles. The number of thiophene rings is 1. The van der Waals surface area contributed by atoms with E-state index >= 15 is 0 Å². The Hall–Kier alpha value is -0.860. The Morgan fingerprint density at radius 3 is 2.83 bits per heavy atom. The minimum absolute atomic E-state index is 0.534. The van der Waals surface area contributed by atoms with Gasteiger partial charge in [0.15, 0.2) is 0 Å². The summed E-state index contributed by atoms with van der Waals surface area (Å²) in [7, 11) is 0. The van der Waals surface area contributed by atoms with Crippen molar-refractivity contribution in [3.63, 3.8) is 0 Å². The van der Waals surface area contributed by atoms with E-state index in [1.165, 1.54) is 46.9 Å². The average Bonchev–Trinajstić information content (AvgIpc) is 2.78. The van der Waals surface area contributed by atoms with Crippen molar-refractivity contribution in [3.8, 4) is 0 Å². The van der Waals surface area contributed by atoms with Crippen LogP contribution >= 0.6 is 11.3 Å². The molecule has 1 aromatic carbocycles. The lowest BCUT2D eigenvalue weighted by atomic mass is 9.92. The van der Waals surface area contributed by atoms with E-state index in [0.717, 1.165) is 6.54 Å². The summed E-state index contributed by atoms with van der Waals surface area (Å²) in [5.41, 5.74) is 8.79. The molecule has 0 radical (unpaired) electrons. The zero-order valence-electron chi connectivity index (χ0n) is 11.4. The second kappa shape index (κ2) is 6.35. The quantitative estimate of drug-likeness (QED) is 0.740. The number of nitrogens with two attached hydrogens (primary N) is 1. The molecular formula is C16H23NS. The first-order valence-electron chi connectivity index (χ1n) is 6.94. The van der Waals surface area contributed by atoms with E-state index in [9.17, 15) is 0 Å². The Bertz CT molecular complexity index is 501. The standard InChI is InChI=1S/C16H23NS/c1-3-4-5-6-13(10-17)15-11-18-16-8-7-12(2)9-14(15)16/h7-9,11,13H,3-6,10,17H2,1-2H3. The maximum Gasteiger partial charge on any atom is 0.0345 e. The summed E-state index contributed by atoms with van der Waals surface area (Å²) in [6.07, 6.45) is 5.12. The highest BCUT2D eigenvalue weighted by molar-refractivity contribution is 7.17. The molecule has 2 N–H and O–H groups in total. The van der Waals surface area contributed by atoms with Gasteiger partial charge in [0.2, 0.25) is 0 Å². The molecule has 0 aliphatic rings. The number of hydrogen-bond acceptors (Lipinski definition) is 2. The molecule has 2 aromatic rings. The molecule has 1 heterocycles. The first kappa shape index (κ1) is 13.6. The van der Waals surface area contributed by atoms with Gasteiger partial charge in [-0.1, -0.05) is 43.9 Å². The van der Waals surface area contributed by atoms with Crippen LogP contribution in [0.3, 0.4) is 0 Å². The van der Waals surface area contributed by atoms with Crippen LogP contribution in [0.2, 0.25) is 0 Å². The maximum absolute atomic E-state index is 5.98. The summed E-state index contributed by atoms with van der Waals surface area (Å²) >= 11 is 1.85. The first-order valence-corrected chi connectivity index (χ1v) is 7.82. The third-order valence-corrected chi connectivity index (χ3v) is 4.62. The number of hydrogen-bond donors (Lipinski definition) is 1. The topological polar surface area (TPSA) is 26.0 Å². The fraction of sp³-hybridized carbons (Fsp3) is 0.500. The van der Waals surface area contributed by atoms with Gasteiger partial charge in [-0.2, -0.15) is 0 Å². The van der Waals surface area contributed by atoms with Crippen molar-refractivity contribution in [2.75, 3.05) is 6.54 Å². The third-order valence-electron chi connectivity index (χ3n) is 3.64. The van der Waals surface area contributed by atoms with Crippen LogP contribution < -0.4 is 5.73 Å². The number of rotatable bonds is 6. The molecule has 0 fully saturated rings. The van der Waals surface area contributed by atoms with Crippen LogP contribution in [-0.2, 0) is 0 Å². The van der Waals surface area contributed by atoms with Crippen LogP contribution in [0.15, 0.2) is 23.6 Å². The molecule has 2 heteroatoms. The molecule has 0 saturated heterocycles. The van der Waals surface area contributed by atoms with Gasteiger partial charge < -0.3 is 5.73 Å². The zero-order valence-corrected chi connectivity index (χ0v) is 12.2. The van der Waals surface area contributed by atoms with E-state index in [4.69, 9.17) is 5.73 Å². The van der Waals surface area contributed by atoms with Crippen LogP contribution in [0.1, 0.15) is 49.7 Å². The number of aryl methyl sites for hydroxylation is 1. The summed E-state index contributed by atoms with van der Waals surface area (Å²) < 4.78 is 1.39. The van der Waals surface area contributed by atoms with Gasteiger partial charge in [0.05, 0.1) is 0 Å². The number of fused-ring (bicyclic) bond motifs is 1. The van der Waals surface area contributed by atoms with Gasteiger partial charge in [-0.15, -0.1) is 11.3 Å². The smallest absolute Gasteiger partial charge is 0.0345 e. The predicted molar refractivity (Wildman–Crippen MR) is 82.5 cm³/mol. The van der Waals surface area contributed by atoms with Crippen LogP contribution in [0.5, 0.6) is 0 Å². The molecule has 1 unspecified atom stereocenters. The molecule has 0 aliphatic heterocycles. The van der Waals surface area contributed by atoms with E-state index in [2.05, 4.69) is 37.4 Å². The first-order chi connectivity index (χ1) is 8.76. The van der Waals surface area contributed by atoms with Crippen molar-refractivity contribution in [2.45, 2.75) is 45.4 Å². The summed E-state index contributed by atoms with van der Waals surface area (Å²) in [4.78, 5) is 0. The Morgan fingerprint density at radius 2 is 2.11 bits per heavy atom. The van der Waals surface area contributed by atoms with E-state index < -0.39 is 0 Å². The van der Waals surface area contributed by atoms with Crippen molar-refractivity contribution < 1.29 is 0 Å². The lowest BCUT2D eigenvalue weighted by Crippen LogP contribution is -2.12. The normalized spacial score (nSPS) is 13.1. The van der Waals surface area contributed by atoms with Crippen molar-refractivity contribution in [3.05, 3.63) is 34.7 Å². The van der Waals surface area contributed by atoms with Crippen LogP contribution in [-0.4, -0.2) is 6.54 Å². The fourth-order valence-electron chi connectivity index (χ4n) is 2.52. The molecule has 0 bridgehead atoms. The van der Waals surface area contributed by atoms with Gasteiger partial charge in [0.25, 0.3) is 0 Å². The second-order valence-corrected chi connectivity index (χ2v) is 6.03. The fourth-order valence-corrected chi connectivity index (χ4v) is 3.54. The minimum atomic E-state index is 0.534. The highest BCUT2D eigenvalue weighted by Gasteiger charge is 2.14. The summed E-state index contributed by atoms with van der Waals surface area (Å²) in [6.45, 7) is 5.18. The van der Waals surface area contributed by atoms with Gasteiger partial charge in [0.1, 0.15) is 0 Å². The van der Waals surface area contributed by atoms with Crippen LogP contribution in [0, 0.1) is 6.92 Å². The van der Waals surface area contributed by atoms with E-state index in [1.54, 1.807) is 0 Å². The summed E-state index contributed by atoms with van der Waals surface area (Å²) in [6, 6.07) is 6.74. The van der Waals surface area contributed by atoms with Gasteiger partial charge in [0, 0.05) is 4.70 Å². The van der Waals surface area contributed by atoms with E-state index in [0.29, 0.717) is 5.92 Å². The van der Waals surface area contributed by atoms with Crippen molar-refractivity contribution >= 4 is 21.4 Å². The van der Waals surface area contributed by atoms with Gasteiger partial charge in [-0.3, -0.25) is 0 Å². The van der Waals surface area contributed by atoms with Gasteiger partial charge >= 0.3 is 0 Å². The summed E-state index contributed by atoms with van der Waals surface area (Å²) in [5.74, 6) is 0.534. The van der Waals surface area contributed by atoms with E-state index in [-0.39, 0.29) is 0 Å². The maximum atomic E-state index is 5.98. The van der Waals surface area contributed by atoms with Crippen LogP contribution in [0.4, 0.5) is 0 Å². The molecule has 1 atom stereocenters. The second-order valence-electron chi connectivity index (χ2n) is 5.12. The third kappa shape index (κ3) is 2.93. The molecule has 0 spiro atoms. The molecule has 0 saturated carbocycles. The Labute approximate surface area is 114 Å². The lowest BCUT2D eigenvalue weighted by Gasteiger charge is -2.14. The number of benzene rings is 1. The Kier molecular flexibility index (Phi) is 4.79. The summed E-state index contributed by atoms with van der Waals surface area (Å²) in [5, 5.41) is 3.74. The van der Waals surface area contributed by atoms with Crippen LogP contribution in [0.25, 0.3) is 10.1 Å². The zero-order chi connectivity index (χ0) is 13.0. The van der Waals surface area contributed by atoms with Gasteiger partial charge in [-0.25, -0.2) is 0 Å². The largest absolute Gasteiger partial charge is 0.330 e. The monoisotopic (exact) mass is 261 g/mol. The molecular weight excluding hydrogens is 238 g/mol. The molecule has 0 amide bonds. The Morgan fingerprint density at radius 1 is 1.28 bits per heavy atom. The molecule has 98 valence electrons. The number of unbranched alkanes of at least 4 members (excludes halogenated alkanes) is 2.